The van der Waals surface area contributed by atoms with Gasteiger partial charge in [-0.1, -0.05) is 53.5 Å². The average Bonchev–Trinajstić information content (AvgIpc) is 2.56. The second kappa shape index (κ2) is 7.98. The molecule has 5 nitrogen and oxygen atoms in total. The van der Waals surface area contributed by atoms with Gasteiger partial charge in [0.15, 0.2) is 0 Å². The highest BCUT2D eigenvalue weighted by atomic mass is 35.5. The van der Waals surface area contributed by atoms with Crippen molar-refractivity contribution in [3.8, 4) is 0 Å². The fourth-order valence-corrected chi connectivity index (χ4v) is 3.16. The van der Waals surface area contributed by atoms with Gasteiger partial charge in [-0.05, 0) is 30.3 Å². The highest BCUT2D eigenvalue weighted by Gasteiger charge is 2.12. The maximum Gasteiger partial charge on any atom is 0.253 e. The minimum Gasteiger partial charge on any atom is -0.348 e. The minimum absolute atomic E-state index is 0.0890. The van der Waals surface area contributed by atoms with E-state index in [0.717, 1.165) is 5.56 Å². The van der Waals surface area contributed by atoms with E-state index in [2.05, 4.69) is 10.0 Å². The molecule has 2 aromatic rings. The van der Waals surface area contributed by atoms with Crippen molar-refractivity contribution in [1.82, 2.24) is 10.0 Å². The number of carbonyl (C=O) groups excluding carboxylic acids is 1. The van der Waals surface area contributed by atoms with E-state index < -0.39 is 10.0 Å². The molecule has 2 rings (SSSR count). The van der Waals surface area contributed by atoms with Crippen LogP contribution in [-0.4, -0.2) is 21.4 Å². The maximum absolute atomic E-state index is 12.1. The third-order valence-corrected chi connectivity index (χ3v) is 5.49. The number of nitrogens with one attached hydrogen (secondary N) is 2. The molecule has 0 aromatic heterocycles. The van der Waals surface area contributed by atoms with Gasteiger partial charge in [-0.15, -0.1) is 0 Å². The van der Waals surface area contributed by atoms with Crippen molar-refractivity contribution in [1.29, 1.82) is 0 Å². The Morgan fingerprint density at radius 2 is 1.67 bits per heavy atom. The first-order valence-electron chi connectivity index (χ1n) is 7.03. The van der Waals surface area contributed by atoms with Crippen LogP contribution in [0.3, 0.4) is 0 Å². The van der Waals surface area contributed by atoms with Crippen LogP contribution in [0.15, 0.2) is 42.5 Å². The van der Waals surface area contributed by atoms with E-state index >= 15 is 0 Å². The standard InChI is InChI=1S/C16H16Cl2N2O3S/c1-19-24(22,23)10-12-7-5-11(6-8-12)9-20-16(21)13-3-2-4-14(17)15(13)18/h2-8,19H,9-10H2,1H3,(H,20,21). The number of sulfonamides is 1. The Hall–Kier alpha value is -1.60. The average molecular weight is 387 g/mol. The molecule has 8 heteroatoms. The molecule has 2 N–H and O–H groups in total. The van der Waals surface area contributed by atoms with Crippen LogP contribution in [-0.2, 0) is 22.3 Å². The van der Waals surface area contributed by atoms with Crippen molar-refractivity contribution in [2.75, 3.05) is 7.05 Å². The normalized spacial score (nSPS) is 11.3. The third kappa shape index (κ3) is 4.95. The summed E-state index contributed by atoms with van der Waals surface area (Å²) in [6.07, 6.45) is 0. The molecular formula is C16H16Cl2N2O3S. The summed E-state index contributed by atoms with van der Waals surface area (Å²) in [6, 6.07) is 11.8. The molecule has 24 heavy (non-hydrogen) atoms. The van der Waals surface area contributed by atoms with Crippen molar-refractivity contribution >= 4 is 39.1 Å². The predicted molar refractivity (Wildman–Crippen MR) is 95.8 cm³/mol. The molecule has 0 atom stereocenters. The Morgan fingerprint density at radius 1 is 1.04 bits per heavy atom. The molecule has 1 amide bonds. The zero-order chi connectivity index (χ0) is 17.7. The molecule has 0 saturated carbocycles. The van der Waals surface area contributed by atoms with E-state index in [0.29, 0.717) is 22.7 Å². The highest BCUT2D eigenvalue weighted by molar-refractivity contribution is 7.88. The smallest absolute Gasteiger partial charge is 0.253 e. The van der Waals surface area contributed by atoms with Crippen LogP contribution in [0.5, 0.6) is 0 Å². The first kappa shape index (κ1) is 18.7. The predicted octanol–water partition coefficient (Wildman–Crippen LogP) is 2.97. The molecule has 0 aliphatic rings. The molecule has 0 fully saturated rings. The van der Waals surface area contributed by atoms with Gasteiger partial charge in [0.05, 0.1) is 21.4 Å². The van der Waals surface area contributed by atoms with Gasteiger partial charge in [0.25, 0.3) is 5.91 Å². The largest absolute Gasteiger partial charge is 0.348 e. The number of hydrogen-bond acceptors (Lipinski definition) is 3. The SMILES string of the molecule is CNS(=O)(=O)Cc1ccc(CNC(=O)c2cccc(Cl)c2Cl)cc1. The minimum atomic E-state index is -3.30. The summed E-state index contributed by atoms with van der Waals surface area (Å²) >= 11 is 11.9. The quantitative estimate of drug-likeness (QED) is 0.800. The van der Waals surface area contributed by atoms with Gasteiger partial charge >= 0.3 is 0 Å². The molecule has 2 aromatic carbocycles. The second-order valence-corrected chi connectivity index (χ2v) is 7.78. The number of carbonyl (C=O) groups is 1. The molecule has 0 radical (unpaired) electrons. The van der Waals surface area contributed by atoms with Crippen LogP contribution in [0.2, 0.25) is 10.0 Å². The first-order valence-corrected chi connectivity index (χ1v) is 9.44. The summed E-state index contributed by atoms with van der Waals surface area (Å²) in [7, 11) is -1.93. The van der Waals surface area contributed by atoms with Crippen LogP contribution < -0.4 is 10.0 Å². The van der Waals surface area contributed by atoms with Gasteiger partial charge in [0.1, 0.15) is 0 Å². The fraction of sp³-hybridized carbons (Fsp3) is 0.188. The zero-order valence-corrected chi connectivity index (χ0v) is 15.2. The lowest BCUT2D eigenvalue weighted by Gasteiger charge is -2.08. The van der Waals surface area contributed by atoms with Crippen molar-refractivity contribution in [2.24, 2.45) is 0 Å². The lowest BCUT2D eigenvalue weighted by molar-refractivity contribution is 0.0951. The summed E-state index contributed by atoms with van der Waals surface area (Å²) in [5.74, 6) is -0.418. The van der Waals surface area contributed by atoms with Crippen LogP contribution in [0, 0.1) is 0 Å². The summed E-state index contributed by atoms with van der Waals surface area (Å²) in [4.78, 5) is 12.1. The summed E-state index contributed by atoms with van der Waals surface area (Å²) < 4.78 is 25.3. The molecule has 0 spiro atoms. The summed E-state index contributed by atoms with van der Waals surface area (Å²) in [6.45, 7) is 0.292. The van der Waals surface area contributed by atoms with E-state index in [1.54, 1.807) is 42.5 Å². The number of hydrogen-bond donors (Lipinski definition) is 2. The van der Waals surface area contributed by atoms with Gasteiger partial charge in [-0.2, -0.15) is 0 Å². The maximum atomic E-state index is 12.1. The van der Waals surface area contributed by atoms with Gasteiger partial charge in [0, 0.05) is 6.54 Å². The van der Waals surface area contributed by atoms with Crippen LogP contribution >= 0.6 is 23.2 Å². The van der Waals surface area contributed by atoms with Gasteiger partial charge in [-0.25, -0.2) is 13.1 Å². The molecule has 128 valence electrons. The molecular weight excluding hydrogens is 371 g/mol. The van der Waals surface area contributed by atoms with E-state index in [1.165, 1.54) is 7.05 Å². The lowest BCUT2D eigenvalue weighted by atomic mass is 10.1. The van der Waals surface area contributed by atoms with E-state index in [4.69, 9.17) is 23.2 Å². The van der Waals surface area contributed by atoms with Crippen molar-refractivity contribution in [2.45, 2.75) is 12.3 Å². The van der Waals surface area contributed by atoms with E-state index in [1.807, 2.05) is 0 Å². The highest BCUT2D eigenvalue weighted by Crippen LogP contribution is 2.25. The number of rotatable bonds is 6. The first-order chi connectivity index (χ1) is 11.3. The second-order valence-electron chi connectivity index (χ2n) is 5.06. The fourth-order valence-electron chi connectivity index (χ4n) is 2.00. The monoisotopic (exact) mass is 386 g/mol. The molecule has 0 aliphatic carbocycles. The Labute approximate surface area is 151 Å². The zero-order valence-electron chi connectivity index (χ0n) is 12.8. The molecule has 0 aliphatic heterocycles. The van der Waals surface area contributed by atoms with Crippen LogP contribution in [0.4, 0.5) is 0 Å². The molecule has 0 unspecified atom stereocenters. The van der Waals surface area contributed by atoms with E-state index in [9.17, 15) is 13.2 Å². The van der Waals surface area contributed by atoms with Gasteiger partial charge in [0.2, 0.25) is 10.0 Å². The molecule has 0 saturated heterocycles. The Bertz CT molecular complexity index is 837. The van der Waals surface area contributed by atoms with E-state index in [-0.39, 0.29) is 16.7 Å². The van der Waals surface area contributed by atoms with Crippen LogP contribution in [0.1, 0.15) is 21.5 Å². The van der Waals surface area contributed by atoms with Gasteiger partial charge in [-0.3, -0.25) is 4.79 Å². The Morgan fingerprint density at radius 3 is 2.29 bits per heavy atom. The van der Waals surface area contributed by atoms with Crippen LogP contribution in [0.25, 0.3) is 0 Å². The number of amides is 1. The lowest BCUT2D eigenvalue weighted by Crippen LogP contribution is -2.23. The van der Waals surface area contributed by atoms with Crippen molar-refractivity contribution in [3.63, 3.8) is 0 Å². The third-order valence-electron chi connectivity index (χ3n) is 3.34. The Kier molecular flexibility index (Phi) is 6.23. The van der Waals surface area contributed by atoms with Gasteiger partial charge < -0.3 is 5.32 Å². The molecule has 0 bridgehead atoms. The summed E-state index contributed by atoms with van der Waals surface area (Å²) in [5, 5.41) is 3.28. The van der Waals surface area contributed by atoms with Crippen molar-refractivity contribution < 1.29 is 13.2 Å². The molecule has 0 heterocycles. The topological polar surface area (TPSA) is 75.3 Å². The van der Waals surface area contributed by atoms with Crippen molar-refractivity contribution in [3.05, 3.63) is 69.2 Å². The number of halogens is 2. The summed E-state index contributed by atoms with van der Waals surface area (Å²) in [5.41, 5.74) is 1.81. The Balaban J connectivity index is 2.00. The number of benzene rings is 2.